The number of primary sulfonamides is 1. The first-order valence-corrected chi connectivity index (χ1v) is 13.2. The summed E-state index contributed by atoms with van der Waals surface area (Å²) in [6.45, 7) is 2.77. The van der Waals surface area contributed by atoms with Crippen LogP contribution in [0.2, 0.25) is 0 Å². The second kappa shape index (κ2) is 10.3. The number of amides is 1. The molecule has 1 fully saturated rings. The Bertz CT molecular complexity index is 1120. The van der Waals surface area contributed by atoms with Crippen LogP contribution in [0.15, 0.2) is 41.3 Å². The Labute approximate surface area is 201 Å². The molecule has 0 saturated carbocycles. The van der Waals surface area contributed by atoms with E-state index in [0.29, 0.717) is 25.4 Å². The number of carbonyl (C=O) groups is 1. The first kappa shape index (κ1) is 24.5. The zero-order valence-corrected chi connectivity index (χ0v) is 20.6. The Kier molecular flexibility index (Phi) is 7.45. The highest BCUT2D eigenvalue weighted by atomic mass is 32.2. The topological polar surface area (TPSA) is 102 Å². The molecule has 8 nitrogen and oxygen atoms in total. The van der Waals surface area contributed by atoms with Gasteiger partial charge in [0.05, 0.1) is 25.7 Å². The van der Waals surface area contributed by atoms with Crippen LogP contribution >= 0.6 is 0 Å². The Hall–Kier alpha value is -2.62. The van der Waals surface area contributed by atoms with Crippen molar-refractivity contribution in [3.63, 3.8) is 0 Å². The number of ether oxygens (including phenoxy) is 2. The summed E-state index contributed by atoms with van der Waals surface area (Å²) in [5.41, 5.74) is 2.86. The van der Waals surface area contributed by atoms with Crippen LogP contribution in [-0.2, 0) is 27.7 Å². The number of carbonyl (C=O) groups excluding carboxylic acids is 1. The van der Waals surface area contributed by atoms with Gasteiger partial charge in [0.1, 0.15) is 11.5 Å². The molecule has 34 heavy (non-hydrogen) atoms. The number of likely N-dealkylation sites (tertiary alicyclic amines) is 1. The van der Waals surface area contributed by atoms with Crippen LogP contribution in [0.25, 0.3) is 0 Å². The summed E-state index contributed by atoms with van der Waals surface area (Å²) in [6, 6.07) is 10.8. The van der Waals surface area contributed by atoms with Crippen molar-refractivity contribution in [2.75, 3.05) is 45.3 Å². The maximum atomic E-state index is 13.0. The number of anilines is 1. The molecule has 0 radical (unpaired) electrons. The minimum Gasteiger partial charge on any atom is -0.497 e. The van der Waals surface area contributed by atoms with Crippen molar-refractivity contribution in [1.82, 2.24) is 4.90 Å². The highest BCUT2D eigenvalue weighted by Gasteiger charge is 2.28. The molecule has 9 heteroatoms. The molecule has 2 aromatic rings. The largest absolute Gasteiger partial charge is 0.497 e. The minimum absolute atomic E-state index is 0.0593. The Morgan fingerprint density at radius 1 is 1.03 bits per heavy atom. The predicted octanol–water partition coefficient (Wildman–Crippen LogP) is 2.59. The summed E-state index contributed by atoms with van der Waals surface area (Å²) < 4.78 is 33.9. The molecule has 0 unspecified atom stereocenters. The maximum absolute atomic E-state index is 13.0. The lowest BCUT2D eigenvalue weighted by Gasteiger charge is -2.32. The summed E-state index contributed by atoms with van der Waals surface area (Å²) in [4.78, 5) is 17.1. The molecule has 184 valence electrons. The normalized spacial score (nSPS) is 17.0. The lowest BCUT2D eigenvalue weighted by molar-refractivity contribution is -0.120. The molecule has 0 aliphatic carbocycles. The number of sulfonamides is 1. The highest BCUT2D eigenvalue weighted by molar-refractivity contribution is 7.89. The number of nitrogens with two attached hydrogens (primary N) is 1. The van der Waals surface area contributed by atoms with Crippen molar-refractivity contribution in [2.24, 2.45) is 11.1 Å². The molecule has 2 N–H and O–H groups in total. The molecule has 0 atom stereocenters. The zero-order valence-electron chi connectivity index (χ0n) is 19.8. The Balaban J connectivity index is 1.27. The van der Waals surface area contributed by atoms with Crippen molar-refractivity contribution < 1.29 is 22.7 Å². The number of aryl methyl sites for hydroxylation is 1. The quantitative estimate of drug-likeness (QED) is 0.614. The SMILES string of the molecule is COc1cc(CCC2CCN(CC(=O)N3CCc4cc(S(N)(=O)=O)ccc43)CC2)cc(OC)c1. The highest BCUT2D eigenvalue weighted by Crippen LogP contribution is 2.31. The molecule has 1 saturated heterocycles. The van der Waals surface area contributed by atoms with Gasteiger partial charge in [-0.1, -0.05) is 0 Å². The van der Waals surface area contributed by atoms with E-state index in [9.17, 15) is 13.2 Å². The zero-order chi connectivity index (χ0) is 24.3. The molecule has 2 heterocycles. The van der Waals surface area contributed by atoms with Gasteiger partial charge < -0.3 is 14.4 Å². The third-order valence-electron chi connectivity index (χ3n) is 6.89. The van der Waals surface area contributed by atoms with Gasteiger partial charge in [-0.15, -0.1) is 0 Å². The minimum atomic E-state index is -3.74. The Morgan fingerprint density at radius 2 is 1.71 bits per heavy atom. The number of hydrogen-bond donors (Lipinski definition) is 1. The van der Waals surface area contributed by atoms with E-state index in [-0.39, 0.29) is 10.8 Å². The molecule has 1 amide bonds. The van der Waals surface area contributed by atoms with Gasteiger partial charge in [0.25, 0.3) is 0 Å². The van der Waals surface area contributed by atoms with Gasteiger partial charge in [-0.2, -0.15) is 0 Å². The van der Waals surface area contributed by atoms with Crippen LogP contribution in [0.3, 0.4) is 0 Å². The van der Waals surface area contributed by atoms with Gasteiger partial charge in [-0.25, -0.2) is 13.6 Å². The van der Waals surface area contributed by atoms with Crippen LogP contribution < -0.4 is 19.5 Å². The van der Waals surface area contributed by atoms with Gasteiger partial charge in [0.15, 0.2) is 0 Å². The number of piperidine rings is 1. The summed E-state index contributed by atoms with van der Waals surface area (Å²) in [6.07, 6.45) is 4.86. The van der Waals surface area contributed by atoms with Crippen LogP contribution in [0.4, 0.5) is 5.69 Å². The molecule has 0 spiro atoms. The van der Waals surface area contributed by atoms with E-state index in [4.69, 9.17) is 14.6 Å². The molecule has 0 aromatic heterocycles. The maximum Gasteiger partial charge on any atom is 0.241 e. The van der Waals surface area contributed by atoms with E-state index in [1.165, 1.54) is 11.6 Å². The molecule has 2 aliphatic rings. The fourth-order valence-electron chi connectivity index (χ4n) is 4.91. The molecule has 2 aliphatic heterocycles. The third kappa shape index (κ3) is 5.71. The van der Waals surface area contributed by atoms with Crippen LogP contribution in [0.1, 0.15) is 30.4 Å². The molecule has 2 aromatic carbocycles. The number of methoxy groups -OCH3 is 2. The standard InChI is InChI=1S/C25H33N3O5S/c1-32-21-13-19(14-22(16-21)33-2)4-3-18-7-10-27(11-8-18)17-25(29)28-12-9-20-15-23(34(26,30)31)5-6-24(20)28/h5-6,13-16,18H,3-4,7-12,17H2,1-2H3,(H2,26,30,31). The number of nitrogens with zero attached hydrogens (tertiary/aromatic N) is 2. The smallest absolute Gasteiger partial charge is 0.241 e. The van der Waals surface area contributed by atoms with Crippen molar-refractivity contribution in [2.45, 2.75) is 37.0 Å². The van der Waals surface area contributed by atoms with E-state index < -0.39 is 10.0 Å². The van der Waals surface area contributed by atoms with E-state index in [1.54, 1.807) is 31.3 Å². The first-order chi connectivity index (χ1) is 16.3. The number of fused-ring (bicyclic) bond motifs is 1. The fraction of sp³-hybridized carbons (Fsp3) is 0.480. The van der Waals surface area contributed by atoms with Gasteiger partial charge in [-0.3, -0.25) is 9.69 Å². The third-order valence-corrected chi connectivity index (χ3v) is 7.81. The van der Waals surface area contributed by atoms with Crippen molar-refractivity contribution >= 4 is 21.6 Å². The summed E-state index contributed by atoms with van der Waals surface area (Å²) in [5.74, 6) is 2.32. The lowest BCUT2D eigenvalue weighted by Crippen LogP contribution is -2.43. The number of hydrogen-bond acceptors (Lipinski definition) is 6. The van der Waals surface area contributed by atoms with Crippen LogP contribution in [0.5, 0.6) is 11.5 Å². The molecule has 0 bridgehead atoms. The fourth-order valence-corrected chi connectivity index (χ4v) is 5.47. The summed E-state index contributed by atoms with van der Waals surface area (Å²) in [5, 5.41) is 5.23. The van der Waals surface area contributed by atoms with E-state index >= 15 is 0 Å². The second-order valence-electron chi connectivity index (χ2n) is 9.11. The van der Waals surface area contributed by atoms with Crippen LogP contribution in [-0.4, -0.2) is 59.6 Å². The van der Waals surface area contributed by atoms with Gasteiger partial charge in [0.2, 0.25) is 15.9 Å². The Morgan fingerprint density at radius 3 is 2.32 bits per heavy atom. The molecular weight excluding hydrogens is 454 g/mol. The second-order valence-corrected chi connectivity index (χ2v) is 10.7. The molecule has 4 rings (SSSR count). The van der Waals surface area contributed by atoms with Crippen molar-refractivity contribution in [3.05, 3.63) is 47.5 Å². The molecular formula is C25H33N3O5S. The van der Waals surface area contributed by atoms with E-state index in [2.05, 4.69) is 17.0 Å². The monoisotopic (exact) mass is 487 g/mol. The average molecular weight is 488 g/mol. The van der Waals surface area contributed by atoms with Crippen LogP contribution in [0, 0.1) is 5.92 Å². The summed E-state index contributed by atoms with van der Waals surface area (Å²) >= 11 is 0. The first-order valence-electron chi connectivity index (χ1n) is 11.7. The van der Waals surface area contributed by atoms with Gasteiger partial charge >= 0.3 is 0 Å². The van der Waals surface area contributed by atoms with Gasteiger partial charge in [0, 0.05) is 18.3 Å². The lowest BCUT2D eigenvalue weighted by atomic mass is 9.90. The van der Waals surface area contributed by atoms with E-state index in [0.717, 1.165) is 61.5 Å². The number of benzene rings is 2. The van der Waals surface area contributed by atoms with Crippen molar-refractivity contribution in [3.8, 4) is 11.5 Å². The summed E-state index contributed by atoms with van der Waals surface area (Å²) in [7, 11) is -0.414. The van der Waals surface area contributed by atoms with E-state index in [1.807, 2.05) is 6.07 Å². The number of rotatable bonds is 8. The average Bonchev–Trinajstić information content (AvgIpc) is 3.26. The van der Waals surface area contributed by atoms with Gasteiger partial charge in [-0.05, 0) is 92.6 Å². The van der Waals surface area contributed by atoms with Crippen molar-refractivity contribution in [1.29, 1.82) is 0 Å². The predicted molar refractivity (Wildman–Crippen MR) is 131 cm³/mol.